The molecule has 0 aliphatic heterocycles. The van der Waals surface area contributed by atoms with Crippen molar-refractivity contribution in [3.05, 3.63) is 75.9 Å². The van der Waals surface area contributed by atoms with Gasteiger partial charge in [0, 0.05) is 27.8 Å². The largest absolute Gasteiger partial charge is 0.346 e. The van der Waals surface area contributed by atoms with E-state index in [0.29, 0.717) is 30.2 Å². The van der Waals surface area contributed by atoms with Crippen molar-refractivity contribution < 1.29 is 8.91 Å². The Balaban J connectivity index is 0.00000306. The summed E-state index contributed by atoms with van der Waals surface area (Å²) in [6.07, 6.45) is 1.88. The van der Waals surface area contributed by atoms with Crippen LogP contribution in [-0.2, 0) is 13.1 Å². The fraction of sp³-hybridized carbons (Fsp3) is 0.273. The fourth-order valence-corrected chi connectivity index (χ4v) is 4.09. The highest BCUT2D eigenvalue weighted by Gasteiger charge is 2.13. The maximum Gasteiger partial charge on any atom is 0.346 e. The molecule has 11 heteroatoms. The van der Waals surface area contributed by atoms with E-state index in [1.807, 2.05) is 50.2 Å². The Morgan fingerprint density at radius 2 is 1.94 bits per heavy atom. The first-order valence-electron chi connectivity index (χ1n) is 10.1. The zero-order chi connectivity index (χ0) is 22.7. The minimum atomic E-state index is -0.307. The highest BCUT2D eigenvalue weighted by molar-refractivity contribution is 7.15. The number of halogens is 2. The normalized spacial score (nSPS) is 11.7. The second kappa shape index (κ2) is 10.7. The molecule has 0 amide bonds. The Bertz CT molecular complexity index is 1290. The van der Waals surface area contributed by atoms with Gasteiger partial charge in [-0.1, -0.05) is 43.3 Å². The van der Waals surface area contributed by atoms with Crippen LogP contribution >= 0.6 is 23.7 Å². The molecule has 0 spiro atoms. The third kappa shape index (κ3) is 5.47. The minimum Gasteiger partial charge on any atom is -0.339 e. The van der Waals surface area contributed by atoms with Crippen molar-refractivity contribution in [2.24, 2.45) is 5.73 Å². The highest BCUT2D eigenvalue weighted by atomic mass is 35.5. The number of benzene rings is 1. The second-order valence-corrected chi connectivity index (χ2v) is 8.79. The van der Waals surface area contributed by atoms with E-state index >= 15 is 0 Å². The molecule has 174 valence electrons. The number of hydrogen-bond donors (Lipinski definition) is 1. The SMILES string of the molecule is CC(C)c1nc(-c2ccc(-c3ccc(Cn4cnn(C/C(=C/F)CN)c4=O)s3)cc2)no1.Cl. The van der Waals surface area contributed by atoms with Gasteiger partial charge in [-0.15, -0.1) is 23.7 Å². The molecule has 0 aliphatic carbocycles. The predicted octanol–water partition coefficient (Wildman–Crippen LogP) is 4.23. The van der Waals surface area contributed by atoms with Gasteiger partial charge in [0.2, 0.25) is 11.7 Å². The first kappa shape index (κ1) is 24.6. The zero-order valence-corrected chi connectivity index (χ0v) is 19.8. The maximum absolute atomic E-state index is 12.7. The number of rotatable bonds is 8. The molecule has 1 aromatic carbocycles. The van der Waals surface area contributed by atoms with Crippen LogP contribution in [0.15, 0.2) is 63.9 Å². The monoisotopic (exact) mass is 490 g/mol. The molecular formula is C22H24ClFN6O2S. The molecule has 2 N–H and O–H groups in total. The van der Waals surface area contributed by atoms with Crippen molar-refractivity contribution in [2.75, 3.05) is 6.54 Å². The Morgan fingerprint density at radius 3 is 2.58 bits per heavy atom. The molecular weight excluding hydrogens is 467 g/mol. The lowest BCUT2D eigenvalue weighted by atomic mass is 10.1. The molecule has 4 aromatic rings. The molecule has 0 saturated carbocycles. The first-order valence-corrected chi connectivity index (χ1v) is 10.9. The average molecular weight is 491 g/mol. The lowest BCUT2D eigenvalue weighted by Crippen LogP contribution is -2.26. The number of aromatic nitrogens is 5. The lowest BCUT2D eigenvalue weighted by Gasteiger charge is -2.01. The molecule has 0 saturated heterocycles. The molecule has 0 unspecified atom stereocenters. The van der Waals surface area contributed by atoms with Crippen molar-refractivity contribution >= 4 is 23.7 Å². The van der Waals surface area contributed by atoms with Gasteiger partial charge in [-0.25, -0.2) is 13.9 Å². The average Bonchev–Trinajstić information content (AvgIpc) is 3.54. The predicted molar refractivity (Wildman–Crippen MR) is 128 cm³/mol. The molecule has 0 fully saturated rings. The summed E-state index contributed by atoms with van der Waals surface area (Å²) >= 11 is 1.59. The molecule has 0 atom stereocenters. The van der Waals surface area contributed by atoms with E-state index in [2.05, 4.69) is 15.2 Å². The lowest BCUT2D eigenvalue weighted by molar-refractivity contribution is 0.365. The van der Waals surface area contributed by atoms with Gasteiger partial charge in [-0.2, -0.15) is 10.1 Å². The number of nitrogens with zero attached hydrogens (tertiary/aromatic N) is 5. The molecule has 0 bridgehead atoms. The van der Waals surface area contributed by atoms with Crippen molar-refractivity contribution in [1.29, 1.82) is 0 Å². The van der Waals surface area contributed by atoms with Gasteiger partial charge in [0.25, 0.3) is 0 Å². The Morgan fingerprint density at radius 1 is 1.21 bits per heavy atom. The molecule has 0 radical (unpaired) electrons. The summed E-state index contributed by atoms with van der Waals surface area (Å²) in [6.45, 7) is 4.48. The number of nitrogens with two attached hydrogens (primary N) is 1. The molecule has 3 heterocycles. The van der Waals surface area contributed by atoms with Crippen molar-refractivity contribution in [1.82, 2.24) is 24.5 Å². The van der Waals surface area contributed by atoms with Gasteiger partial charge >= 0.3 is 5.69 Å². The third-order valence-corrected chi connectivity index (χ3v) is 6.04. The third-order valence-electron chi connectivity index (χ3n) is 4.92. The van der Waals surface area contributed by atoms with Crippen LogP contribution in [-0.4, -0.2) is 31.0 Å². The fourth-order valence-electron chi connectivity index (χ4n) is 3.08. The Kier molecular flexibility index (Phi) is 7.96. The van der Waals surface area contributed by atoms with Gasteiger partial charge < -0.3 is 10.3 Å². The van der Waals surface area contributed by atoms with E-state index in [9.17, 15) is 9.18 Å². The molecule has 33 heavy (non-hydrogen) atoms. The maximum atomic E-state index is 12.7. The Hall–Kier alpha value is -3.08. The molecule has 3 aromatic heterocycles. The van der Waals surface area contributed by atoms with Crippen molar-refractivity contribution in [3.8, 4) is 21.8 Å². The summed E-state index contributed by atoms with van der Waals surface area (Å²) in [5.74, 6) is 1.37. The van der Waals surface area contributed by atoms with Gasteiger partial charge in [-0.3, -0.25) is 4.57 Å². The van der Waals surface area contributed by atoms with Gasteiger partial charge in [-0.05, 0) is 23.3 Å². The van der Waals surface area contributed by atoms with Gasteiger partial charge in [0.15, 0.2) is 0 Å². The van der Waals surface area contributed by atoms with E-state index in [-0.39, 0.29) is 37.1 Å². The van der Waals surface area contributed by atoms with E-state index in [1.165, 1.54) is 15.6 Å². The number of hydrogen-bond acceptors (Lipinski definition) is 7. The van der Waals surface area contributed by atoms with Crippen LogP contribution in [0.1, 0.15) is 30.5 Å². The second-order valence-electron chi connectivity index (χ2n) is 7.62. The van der Waals surface area contributed by atoms with Crippen LogP contribution in [0, 0.1) is 0 Å². The quantitative estimate of drug-likeness (QED) is 0.396. The van der Waals surface area contributed by atoms with E-state index in [1.54, 1.807) is 11.3 Å². The van der Waals surface area contributed by atoms with Crippen LogP contribution in [0.2, 0.25) is 0 Å². The van der Waals surface area contributed by atoms with E-state index in [4.69, 9.17) is 10.3 Å². The highest BCUT2D eigenvalue weighted by Crippen LogP contribution is 2.30. The zero-order valence-electron chi connectivity index (χ0n) is 18.1. The molecule has 4 rings (SSSR count). The summed E-state index contributed by atoms with van der Waals surface area (Å²) in [4.78, 5) is 19.0. The minimum absolute atomic E-state index is 0. The van der Waals surface area contributed by atoms with Crippen LogP contribution in [0.25, 0.3) is 21.8 Å². The summed E-state index contributed by atoms with van der Waals surface area (Å²) in [7, 11) is 0. The topological polar surface area (TPSA) is 105 Å². The summed E-state index contributed by atoms with van der Waals surface area (Å²) in [5.41, 5.74) is 7.40. The summed E-state index contributed by atoms with van der Waals surface area (Å²) in [6, 6.07) is 12.0. The molecule has 8 nitrogen and oxygen atoms in total. The van der Waals surface area contributed by atoms with Gasteiger partial charge in [0.05, 0.1) is 19.4 Å². The van der Waals surface area contributed by atoms with Crippen LogP contribution in [0.4, 0.5) is 4.39 Å². The van der Waals surface area contributed by atoms with Crippen LogP contribution in [0.3, 0.4) is 0 Å². The van der Waals surface area contributed by atoms with E-state index < -0.39 is 0 Å². The molecule has 0 aliphatic rings. The number of thiophene rings is 1. The summed E-state index contributed by atoms with van der Waals surface area (Å²) in [5, 5.41) is 8.10. The van der Waals surface area contributed by atoms with Crippen LogP contribution in [0.5, 0.6) is 0 Å². The standard InChI is InChI=1S/C22H23FN6O2S.ClH/c1-14(2)21-26-20(27-31-21)17-5-3-16(4-6-17)19-8-7-18(32-19)12-28-13-25-29(22(28)30)11-15(9-23)10-24;/h3-9,13-14H,10-12,24H2,1-2H3;1H/b15-9+;. The van der Waals surface area contributed by atoms with Crippen LogP contribution < -0.4 is 11.4 Å². The first-order chi connectivity index (χ1) is 15.5. The van der Waals surface area contributed by atoms with E-state index in [0.717, 1.165) is 20.9 Å². The van der Waals surface area contributed by atoms with Crippen molar-refractivity contribution in [3.63, 3.8) is 0 Å². The van der Waals surface area contributed by atoms with Gasteiger partial charge in [0.1, 0.15) is 6.33 Å². The van der Waals surface area contributed by atoms with Crippen molar-refractivity contribution in [2.45, 2.75) is 32.9 Å². The Labute approximate surface area is 200 Å². The smallest absolute Gasteiger partial charge is 0.339 e. The summed E-state index contributed by atoms with van der Waals surface area (Å²) < 4.78 is 20.7.